The van der Waals surface area contributed by atoms with Crippen LogP contribution in [-0.4, -0.2) is 0 Å². The Hall–Kier alpha value is -6.76. The van der Waals surface area contributed by atoms with Gasteiger partial charge >= 0.3 is 0 Å². The van der Waals surface area contributed by atoms with Crippen molar-refractivity contribution < 1.29 is 0 Å². The Bertz CT molecular complexity index is 3320. The van der Waals surface area contributed by atoms with Crippen molar-refractivity contribution in [2.75, 3.05) is 0 Å². The average molecular weight is 743 g/mol. The molecule has 0 radical (unpaired) electrons. The van der Waals surface area contributed by atoms with Crippen molar-refractivity contribution in [1.82, 2.24) is 0 Å². The smallest absolute Gasteiger partial charge is 0.00199 e. The lowest BCUT2D eigenvalue weighted by atomic mass is 9.82. The van der Waals surface area contributed by atoms with Crippen LogP contribution in [0.1, 0.15) is 37.8 Å². The number of unbranched alkanes of at least 4 members (excludes halogenated alkanes) is 1. The van der Waals surface area contributed by atoms with Crippen molar-refractivity contribution in [1.29, 1.82) is 0 Å². The van der Waals surface area contributed by atoms with Gasteiger partial charge in [-0.3, -0.25) is 0 Å². The van der Waals surface area contributed by atoms with E-state index in [2.05, 4.69) is 210 Å². The number of fused-ring (bicyclic) bond motifs is 11. The summed E-state index contributed by atoms with van der Waals surface area (Å²) in [5.41, 5.74) is 10.3. The average Bonchev–Trinajstić information content (AvgIpc) is 3.28. The number of hydrogen-bond acceptors (Lipinski definition) is 0. The molecule has 0 amide bonds. The molecule has 0 aliphatic rings. The van der Waals surface area contributed by atoms with E-state index in [-0.39, 0.29) is 0 Å². The third kappa shape index (κ3) is 5.66. The predicted octanol–water partition coefficient (Wildman–Crippen LogP) is 17.2. The van der Waals surface area contributed by atoms with Gasteiger partial charge in [0, 0.05) is 0 Å². The summed E-state index contributed by atoms with van der Waals surface area (Å²) in [6.07, 6.45) is 2.64. The zero-order chi connectivity index (χ0) is 39.3. The molecule has 11 rings (SSSR count). The van der Waals surface area contributed by atoms with E-state index in [0.29, 0.717) is 0 Å². The molecule has 0 nitrogen and oxygen atoms in total. The molecule has 0 aromatic heterocycles. The first kappa shape index (κ1) is 35.6. The highest BCUT2D eigenvalue weighted by Crippen LogP contribution is 2.49. The monoisotopic (exact) mass is 742 g/mol. The Morgan fingerprint density at radius 3 is 1.31 bits per heavy atom. The Labute approximate surface area is 341 Å². The topological polar surface area (TPSA) is 0 Å². The molecule has 58 heavy (non-hydrogen) atoms. The fraction of sp³-hybridized carbons (Fsp3) is 0.103. The van der Waals surface area contributed by atoms with Gasteiger partial charge in [-0.05, 0) is 140 Å². The lowest BCUT2D eigenvalue weighted by Gasteiger charge is -2.21. The maximum absolute atomic E-state index is 2.49. The Morgan fingerprint density at radius 1 is 0.310 bits per heavy atom. The summed E-state index contributed by atoms with van der Waals surface area (Å²) in [6.45, 7) is 8.88. The van der Waals surface area contributed by atoms with Gasteiger partial charge in [-0.15, -0.1) is 0 Å². The van der Waals surface area contributed by atoms with Crippen LogP contribution in [0.15, 0.2) is 182 Å². The van der Waals surface area contributed by atoms with E-state index in [4.69, 9.17) is 0 Å². The molecule has 0 unspecified atom stereocenters. The van der Waals surface area contributed by atoms with Crippen LogP contribution in [0.4, 0.5) is 0 Å². The highest BCUT2D eigenvalue weighted by molar-refractivity contribution is 6.34. The second-order valence-corrected chi connectivity index (χ2v) is 15.8. The van der Waals surface area contributed by atoms with Gasteiger partial charge in [0.25, 0.3) is 0 Å². The predicted molar refractivity (Wildman–Crippen MR) is 255 cm³/mol. The van der Waals surface area contributed by atoms with E-state index in [0.717, 1.165) is 0 Å². The van der Waals surface area contributed by atoms with Crippen molar-refractivity contribution in [3.63, 3.8) is 0 Å². The molecule has 0 aliphatic carbocycles. The molecule has 0 N–H and O–H groups in total. The Kier molecular flexibility index (Phi) is 8.99. The molecule has 0 spiro atoms. The fourth-order valence-corrected chi connectivity index (χ4v) is 9.54. The van der Waals surface area contributed by atoms with Gasteiger partial charge < -0.3 is 0 Å². The van der Waals surface area contributed by atoms with Crippen LogP contribution in [0.5, 0.6) is 0 Å². The SMILES string of the molecule is CCCC.Cc1cc(-c2c3ccccc3c(-c3cc4c5ccccc5c5ccccc5c4c4ccccc34)c3ccccc23)ccc1-c1ccc2ccccc2c1C. The van der Waals surface area contributed by atoms with Crippen LogP contribution in [0.25, 0.3) is 109 Å². The van der Waals surface area contributed by atoms with Crippen molar-refractivity contribution >= 4 is 75.4 Å². The molecule has 0 bridgehead atoms. The van der Waals surface area contributed by atoms with Crippen molar-refractivity contribution in [2.24, 2.45) is 0 Å². The molecule has 11 aromatic carbocycles. The molecule has 0 saturated heterocycles. The van der Waals surface area contributed by atoms with Gasteiger partial charge in [0.1, 0.15) is 0 Å². The quantitative estimate of drug-likeness (QED) is 0.124. The summed E-state index contributed by atoms with van der Waals surface area (Å²) in [6, 6.07) is 67.8. The summed E-state index contributed by atoms with van der Waals surface area (Å²) in [7, 11) is 0. The molecular formula is C58H46. The summed E-state index contributed by atoms with van der Waals surface area (Å²) >= 11 is 0. The van der Waals surface area contributed by atoms with Gasteiger partial charge in [0.2, 0.25) is 0 Å². The maximum atomic E-state index is 2.49. The number of hydrogen-bond donors (Lipinski definition) is 0. The first-order chi connectivity index (χ1) is 28.6. The standard InChI is InChI=1S/C54H36.C4H10/c1-33-31-36(28-29-37(33)39-30-27-35-15-3-4-16-38(35)34(39)2)52-46-23-11-13-25-48(46)54(49-26-14-12-24-47(49)52)51-32-50-42-19-6-5-17-40(42)41-18-7-9-21-44(41)53(50)45-22-10-8-20-43(45)51;1-3-4-2/h3-32H,1-2H3;3-4H2,1-2H3. The van der Waals surface area contributed by atoms with E-state index in [1.807, 2.05) is 0 Å². The van der Waals surface area contributed by atoms with Crippen LogP contribution in [0, 0.1) is 13.8 Å². The van der Waals surface area contributed by atoms with Crippen molar-refractivity contribution in [2.45, 2.75) is 40.5 Å². The fourth-order valence-electron chi connectivity index (χ4n) is 9.54. The number of rotatable bonds is 4. The molecule has 0 heteroatoms. The Balaban J connectivity index is 0.000000978. The first-order valence-electron chi connectivity index (χ1n) is 20.9. The van der Waals surface area contributed by atoms with Crippen molar-refractivity contribution in [3.05, 3.63) is 193 Å². The zero-order valence-electron chi connectivity index (χ0n) is 33.7. The first-order valence-corrected chi connectivity index (χ1v) is 20.9. The minimum Gasteiger partial charge on any atom is -0.0654 e. The summed E-state index contributed by atoms with van der Waals surface area (Å²) in [5.74, 6) is 0. The second-order valence-electron chi connectivity index (χ2n) is 15.8. The van der Waals surface area contributed by atoms with Gasteiger partial charge in [0.15, 0.2) is 0 Å². The normalized spacial score (nSPS) is 11.6. The lowest BCUT2D eigenvalue weighted by Crippen LogP contribution is -1.94. The second kappa shape index (κ2) is 14.6. The highest BCUT2D eigenvalue weighted by Gasteiger charge is 2.21. The molecular weight excluding hydrogens is 697 g/mol. The zero-order valence-corrected chi connectivity index (χ0v) is 33.7. The van der Waals surface area contributed by atoms with Crippen molar-refractivity contribution in [3.8, 4) is 33.4 Å². The minimum atomic E-state index is 1.24. The Morgan fingerprint density at radius 2 is 0.741 bits per heavy atom. The van der Waals surface area contributed by atoms with Gasteiger partial charge in [-0.1, -0.05) is 203 Å². The summed E-state index contributed by atoms with van der Waals surface area (Å²) in [5, 5.41) is 18.1. The molecule has 0 atom stereocenters. The number of benzene rings is 11. The highest BCUT2D eigenvalue weighted by atomic mass is 14.2. The number of aryl methyl sites for hydroxylation is 2. The van der Waals surface area contributed by atoms with Gasteiger partial charge in [-0.25, -0.2) is 0 Å². The van der Waals surface area contributed by atoms with E-state index in [1.54, 1.807) is 0 Å². The summed E-state index contributed by atoms with van der Waals surface area (Å²) < 4.78 is 0. The van der Waals surface area contributed by atoms with Crippen LogP contribution >= 0.6 is 0 Å². The lowest BCUT2D eigenvalue weighted by molar-refractivity contribution is 0.886. The molecule has 0 saturated carbocycles. The van der Waals surface area contributed by atoms with E-state index < -0.39 is 0 Å². The molecule has 11 aromatic rings. The van der Waals surface area contributed by atoms with Gasteiger partial charge in [0.05, 0.1) is 0 Å². The molecule has 278 valence electrons. The molecule has 0 heterocycles. The van der Waals surface area contributed by atoms with Crippen LogP contribution in [0.2, 0.25) is 0 Å². The van der Waals surface area contributed by atoms with E-state index in [9.17, 15) is 0 Å². The van der Waals surface area contributed by atoms with E-state index in [1.165, 1.54) is 133 Å². The third-order valence-corrected chi connectivity index (χ3v) is 12.5. The molecule has 0 aliphatic heterocycles. The van der Waals surface area contributed by atoms with Crippen LogP contribution < -0.4 is 0 Å². The molecule has 0 fully saturated rings. The van der Waals surface area contributed by atoms with Gasteiger partial charge in [-0.2, -0.15) is 0 Å². The third-order valence-electron chi connectivity index (χ3n) is 12.5. The summed E-state index contributed by atoms with van der Waals surface area (Å²) in [4.78, 5) is 0. The van der Waals surface area contributed by atoms with Crippen LogP contribution in [-0.2, 0) is 0 Å². The van der Waals surface area contributed by atoms with E-state index >= 15 is 0 Å². The van der Waals surface area contributed by atoms with Crippen LogP contribution in [0.3, 0.4) is 0 Å². The minimum absolute atomic E-state index is 1.24. The largest absolute Gasteiger partial charge is 0.0654 e. The maximum Gasteiger partial charge on any atom is -0.00199 e.